The molecule has 2 aromatic carbocycles. The third-order valence-electron chi connectivity index (χ3n) is 3.29. The summed E-state index contributed by atoms with van der Waals surface area (Å²) in [4.78, 5) is 0. The number of anilines is 1. The molecule has 2 aromatic rings. The first-order valence-electron chi connectivity index (χ1n) is 6.72. The van der Waals surface area contributed by atoms with Crippen LogP contribution in [0.1, 0.15) is 30.5 Å². The lowest BCUT2D eigenvalue weighted by Crippen LogP contribution is -1.99. The van der Waals surface area contributed by atoms with Crippen LogP contribution >= 0.6 is 0 Å². The van der Waals surface area contributed by atoms with E-state index in [0.29, 0.717) is 0 Å². The predicted octanol–water partition coefficient (Wildman–Crippen LogP) is 4.42. The lowest BCUT2D eigenvalue weighted by molar-refractivity contribution is 1.10. The highest BCUT2D eigenvalue weighted by Crippen LogP contribution is 2.12. The maximum atomic E-state index is 3.45. The van der Waals surface area contributed by atoms with Crippen molar-refractivity contribution in [3.8, 4) is 0 Å². The summed E-state index contributed by atoms with van der Waals surface area (Å²) in [6, 6.07) is 17.5. The number of rotatable bonds is 5. The Kier molecular flexibility index (Phi) is 4.40. The van der Waals surface area contributed by atoms with E-state index >= 15 is 0 Å². The van der Waals surface area contributed by atoms with E-state index in [0.717, 1.165) is 19.4 Å². The SMILES string of the molecule is CCc1ccc(CNc2ccc(CC)cc2)cc1. The number of nitrogens with one attached hydrogen (secondary N) is 1. The van der Waals surface area contributed by atoms with Gasteiger partial charge in [0.2, 0.25) is 0 Å². The summed E-state index contributed by atoms with van der Waals surface area (Å²) in [6.45, 7) is 5.25. The van der Waals surface area contributed by atoms with Crippen LogP contribution in [0.15, 0.2) is 48.5 Å². The van der Waals surface area contributed by atoms with Gasteiger partial charge in [-0.15, -0.1) is 0 Å². The second kappa shape index (κ2) is 6.25. The van der Waals surface area contributed by atoms with E-state index in [-0.39, 0.29) is 0 Å². The normalized spacial score (nSPS) is 10.3. The molecular formula is C17H21N. The van der Waals surface area contributed by atoms with Crippen molar-refractivity contribution in [1.29, 1.82) is 0 Å². The molecule has 0 amide bonds. The van der Waals surface area contributed by atoms with Crippen molar-refractivity contribution >= 4 is 5.69 Å². The van der Waals surface area contributed by atoms with E-state index in [1.54, 1.807) is 0 Å². The summed E-state index contributed by atoms with van der Waals surface area (Å²) in [5, 5.41) is 3.45. The van der Waals surface area contributed by atoms with Gasteiger partial charge < -0.3 is 5.32 Å². The summed E-state index contributed by atoms with van der Waals surface area (Å²) in [7, 11) is 0. The van der Waals surface area contributed by atoms with Gasteiger partial charge in [-0.3, -0.25) is 0 Å². The molecule has 94 valence electrons. The summed E-state index contributed by atoms with van der Waals surface area (Å²) < 4.78 is 0. The second-order valence-corrected chi connectivity index (χ2v) is 4.57. The van der Waals surface area contributed by atoms with Crippen LogP contribution in [-0.4, -0.2) is 0 Å². The zero-order chi connectivity index (χ0) is 12.8. The first-order chi connectivity index (χ1) is 8.81. The molecule has 0 spiro atoms. The van der Waals surface area contributed by atoms with Gasteiger partial charge in [0.05, 0.1) is 0 Å². The average molecular weight is 239 g/mol. The van der Waals surface area contributed by atoms with Gasteiger partial charge in [-0.2, -0.15) is 0 Å². The molecule has 0 aliphatic heterocycles. The minimum atomic E-state index is 0.884. The van der Waals surface area contributed by atoms with Gasteiger partial charge >= 0.3 is 0 Å². The van der Waals surface area contributed by atoms with Crippen LogP contribution in [0.3, 0.4) is 0 Å². The Hall–Kier alpha value is -1.76. The Morgan fingerprint density at radius 3 is 1.61 bits per heavy atom. The quantitative estimate of drug-likeness (QED) is 0.814. The second-order valence-electron chi connectivity index (χ2n) is 4.57. The van der Waals surface area contributed by atoms with Crippen molar-refractivity contribution < 1.29 is 0 Å². The highest BCUT2D eigenvalue weighted by molar-refractivity contribution is 5.45. The van der Waals surface area contributed by atoms with Crippen molar-refractivity contribution in [3.05, 3.63) is 65.2 Å². The first-order valence-corrected chi connectivity index (χ1v) is 6.72. The third kappa shape index (κ3) is 3.36. The largest absolute Gasteiger partial charge is 0.381 e. The molecule has 0 aromatic heterocycles. The molecule has 0 fully saturated rings. The number of aryl methyl sites for hydroxylation is 2. The van der Waals surface area contributed by atoms with Crippen LogP contribution in [-0.2, 0) is 19.4 Å². The highest BCUT2D eigenvalue weighted by atomic mass is 14.9. The van der Waals surface area contributed by atoms with Gasteiger partial charge in [-0.1, -0.05) is 50.2 Å². The fraction of sp³-hybridized carbons (Fsp3) is 0.294. The summed E-state index contributed by atoms with van der Waals surface area (Å²) in [5.41, 5.74) is 5.29. The standard InChI is InChI=1S/C17H21N/c1-3-14-5-7-16(8-6-14)13-18-17-11-9-15(4-2)10-12-17/h5-12,18H,3-4,13H2,1-2H3. The minimum absolute atomic E-state index is 0.884. The number of hydrogen-bond donors (Lipinski definition) is 1. The molecule has 0 bridgehead atoms. The van der Waals surface area contributed by atoms with Crippen LogP contribution in [0.2, 0.25) is 0 Å². The summed E-state index contributed by atoms with van der Waals surface area (Å²) >= 11 is 0. The smallest absolute Gasteiger partial charge is 0.0400 e. The van der Waals surface area contributed by atoms with E-state index in [9.17, 15) is 0 Å². The Bertz CT molecular complexity index is 420. The van der Waals surface area contributed by atoms with Gasteiger partial charge in [0.15, 0.2) is 0 Å². The molecule has 0 saturated heterocycles. The Morgan fingerprint density at radius 1 is 0.667 bits per heavy atom. The van der Waals surface area contributed by atoms with Crippen LogP contribution in [0, 0.1) is 0 Å². The average Bonchev–Trinajstić information content (AvgIpc) is 2.46. The third-order valence-corrected chi connectivity index (χ3v) is 3.29. The maximum absolute atomic E-state index is 3.45. The van der Waals surface area contributed by atoms with Crippen LogP contribution in [0.25, 0.3) is 0 Å². The molecule has 0 aliphatic rings. The topological polar surface area (TPSA) is 12.0 Å². The Balaban J connectivity index is 1.93. The van der Waals surface area contributed by atoms with E-state index < -0.39 is 0 Å². The molecule has 0 atom stereocenters. The number of hydrogen-bond acceptors (Lipinski definition) is 1. The highest BCUT2D eigenvalue weighted by Gasteiger charge is 1.95. The predicted molar refractivity (Wildman–Crippen MR) is 79.0 cm³/mol. The van der Waals surface area contributed by atoms with Crippen molar-refractivity contribution in [1.82, 2.24) is 0 Å². The summed E-state index contributed by atoms with van der Waals surface area (Å²) in [5.74, 6) is 0. The fourth-order valence-corrected chi connectivity index (χ4v) is 1.96. The number of benzene rings is 2. The zero-order valence-electron chi connectivity index (χ0n) is 11.2. The van der Waals surface area contributed by atoms with Crippen LogP contribution < -0.4 is 5.32 Å². The molecule has 0 unspecified atom stereocenters. The monoisotopic (exact) mass is 239 g/mol. The van der Waals surface area contributed by atoms with Gasteiger partial charge in [-0.05, 0) is 41.7 Å². The molecule has 0 radical (unpaired) electrons. The van der Waals surface area contributed by atoms with Crippen LogP contribution in [0.5, 0.6) is 0 Å². The fourth-order valence-electron chi connectivity index (χ4n) is 1.96. The minimum Gasteiger partial charge on any atom is -0.381 e. The van der Waals surface area contributed by atoms with E-state index in [1.807, 2.05) is 0 Å². The van der Waals surface area contributed by atoms with E-state index in [4.69, 9.17) is 0 Å². The van der Waals surface area contributed by atoms with E-state index in [2.05, 4.69) is 67.7 Å². The lowest BCUT2D eigenvalue weighted by atomic mass is 10.1. The Morgan fingerprint density at radius 2 is 1.11 bits per heavy atom. The van der Waals surface area contributed by atoms with Gasteiger partial charge in [0, 0.05) is 12.2 Å². The molecule has 1 heteroatoms. The molecule has 1 N–H and O–H groups in total. The van der Waals surface area contributed by atoms with E-state index in [1.165, 1.54) is 22.4 Å². The molecule has 0 saturated carbocycles. The van der Waals surface area contributed by atoms with Crippen molar-refractivity contribution in [2.24, 2.45) is 0 Å². The van der Waals surface area contributed by atoms with Gasteiger partial charge in [-0.25, -0.2) is 0 Å². The maximum Gasteiger partial charge on any atom is 0.0400 e. The molecule has 2 rings (SSSR count). The van der Waals surface area contributed by atoms with Gasteiger partial charge in [0.25, 0.3) is 0 Å². The van der Waals surface area contributed by atoms with Gasteiger partial charge in [0.1, 0.15) is 0 Å². The van der Waals surface area contributed by atoms with Crippen molar-refractivity contribution in [2.45, 2.75) is 33.2 Å². The summed E-state index contributed by atoms with van der Waals surface area (Å²) in [6.07, 6.45) is 2.20. The molecule has 0 aliphatic carbocycles. The van der Waals surface area contributed by atoms with Crippen molar-refractivity contribution in [2.75, 3.05) is 5.32 Å². The van der Waals surface area contributed by atoms with Crippen LogP contribution in [0.4, 0.5) is 5.69 Å². The molecule has 1 nitrogen and oxygen atoms in total. The molecule has 18 heavy (non-hydrogen) atoms. The first kappa shape index (κ1) is 12.7. The zero-order valence-corrected chi connectivity index (χ0v) is 11.2. The molecular weight excluding hydrogens is 218 g/mol. The molecule has 0 heterocycles. The van der Waals surface area contributed by atoms with Crippen molar-refractivity contribution in [3.63, 3.8) is 0 Å². The lowest BCUT2D eigenvalue weighted by Gasteiger charge is -2.08. The Labute approximate surface area is 110 Å².